The molecule has 6 nitrogen and oxygen atoms in total. The van der Waals surface area contributed by atoms with Gasteiger partial charge in [-0.3, -0.25) is 9.59 Å². The molecule has 1 aliphatic heterocycles. The Morgan fingerprint density at radius 3 is 2.73 bits per heavy atom. The zero-order valence-electron chi connectivity index (χ0n) is 14.6. The number of piperidine rings is 1. The fraction of sp³-hybridized carbons (Fsp3) is 0.421. The first-order chi connectivity index (χ1) is 12.6. The Kier molecular flexibility index (Phi) is 5.65. The average Bonchev–Trinajstić information content (AvgIpc) is 3.14. The van der Waals surface area contributed by atoms with E-state index < -0.39 is 0 Å². The molecule has 0 radical (unpaired) electrons. The van der Waals surface area contributed by atoms with Gasteiger partial charge in [0.15, 0.2) is 11.7 Å². The molecule has 1 amide bonds. The molecule has 0 atom stereocenters. The van der Waals surface area contributed by atoms with Gasteiger partial charge in [0.1, 0.15) is 5.82 Å². The Morgan fingerprint density at radius 2 is 2.04 bits per heavy atom. The second-order valence-corrected chi connectivity index (χ2v) is 6.28. The van der Waals surface area contributed by atoms with Crippen molar-refractivity contribution in [1.82, 2.24) is 9.88 Å². The third-order valence-electron chi connectivity index (χ3n) is 4.63. The van der Waals surface area contributed by atoms with E-state index in [-0.39, 0.29) is 30.0 Å². The molecule has 1 aliphatic rings. The largest absolute Gasteiger partial charge is 0.469 e. The second-order valence-electron chi connectivity index (χ2n) is 6.28. The van der Waals surface area contributed by atoms with Gasteiger partial charge in [0.2, 0.25) is 5.91 Å². The Morgan fingerprint density at radius 1 is 1.31 bits per heavy atom. The Hall–Kier alpha value is -2.70. The van der Waals surface area contributed by atoms with E-state index in [4.69, 9.17) is 9.15 Å². The van der Waals surface area contributed by atoms with Crippen LogP contribution in [0.2, 0.25) is 0 Å². The van der Waals surface area contributed by atoms with Crippen LogP contribution in [0.5, 0.6) is 0 Å². The standard InChI is InChI=1S/C19H21FN2O4/c1-25-19(24)13-8-10-22(11-9-13)18(23)7-6-17-21-12-16(26-17)14-4-2-3-5-15(14)20/h2-5,12-13H,6-11H2,1H3. The number of rotatable bonds is 5. The van der Waals surface area contributed by atoms with Crippen molar-refractivity contribution in [3.63, 3.8) is 0 Å². The van der Waals surface area contributed by atoms with Crippen LogP contribution in [-0.2, 0) is 20.7 Å². The maximum absolute atomic E-state index is 13.8. The highest BCUT2D eigenvalue weighted by Gasteiger charge is 2.27. The van der Waals surface area contributed by atoms with Crippen LogP contribution in [0, 0.1) is 11.7 Å². The lowest BCUT2D eigenvalue weighted by Gasteiger charge is -2.30. The summed E-state index contributed by atoms with van der Waals surface area (Å²) in [6, 6.07) is 6.31. The number of hydrogen-bond acceptors (Lipinski definition) is 5. The van der Waals surface area contributed by atoms with Gasteiger partial charge in [0.25, 0.3) is 0 Å². The molecule has 26 heavy (non-hydrogen) atoms. The molecule has 2 heterocycles. The quantitative estimate of drug-likeness (QED) is 0.767. The highest BCUT2D eigenvalue weighted by molar-refractivity contribution is 5.77. The van der Waals surface area contributed by atoms with Gasteiger partial charge in [0, 0.05) is 25.9 Å². The van der Waals surface area contributed by atoms with E-state index in [0.717, 1.165) is 0 Å². The van der Waals surface area contributed by atoms with Crippen molar-refractivity contribution in [1.29, 1.82) is 0 Å². The van der Waals surface area contributed by atoms with Gasteiger partial charge in [-0.05, 0) is 25.0 Å². The van der Waals surface area contributed by atoms with Crippen molar-refractivity contribution >= 4 is 11.9 Å². The number of oxazole rings is 1. The molecule has 0 bridgehead atoms. The van der Waals surface area contributed by atoms with Crippen molar-refractivity contribution in [2.45, 2.75) is 25.7 Å². The Labute approximate surface area is 151 Å². The number of aryl methyl sites for hydroxylation is 1. The number of methoxy groups -OCH3 is 1. The first-order valence-electron chi connectivity index (χ1n) is 8.63. The Balaban J connectivity index is 1.51. The van der Waals surface area contributed by atoms with E-state index in [1.54, 1.807) is 23.1 Å². The molecule has 1 aromatic heterocycles. The molecule has 1 saturated heterocycles. The molecule has 7 heteroatoms. The molecule has 138 valence electrons. The summed E-state index contributed by atoms with van der Waals surface area (Å²) in [5.74, 6) is 0.0425. The van der Waals surface area contributed by atoms with E-state index >= 15 is 0 Å². The molecule has 0 spiro atoms. The van der Waals surface area contributed by atoms with Crippen molar-refractivity contribution < 1.29 is 23.1 Å². The minimum absolute atomic E-state index is 0.000965. The zero-order chi connectivity index (χ0) is 18.5. The topological polar surface area (TPSA) is 72.6 Å². The lowest BCUT2D eigenvalue weighted by Crippen LogP contribution is -2.40. The van der Waals surface area contributed by atoms with Gasteiger partial charge in [-0.15, -0.1) is 0 Å². The zero-order valence-corrected chi connectivity index (χ0v) is 14.6. The van der Waals surface area contributed by atoms with Gasteiger partial charge < -0.3 is 14.1 Å². The lowest BCUT2D eigenvalue weighted by molar-refractivity contribution is -0.148. The third-order valence-corrected chi connectivity index (χ3v) is 4.63. The summed E-state index contributed by atoms with van der Waals surface area (Å²) in [4.78, 5) is 29.7. The van der Waals surface area contributed by atoms with Gasteiger partial charge in [0.05, 0.1) is 24.8 Å². The molecule has 0 N–H and O–H groups in total. The van der Waals surface area contributed by atoms with Gasteiger partial charge in [-0.2, -0.15) is 0 Å². The fourth-order valence-electron chi connectivity index (χ4n) is 3.11. The minimum Gasteiger partial charge on any atom is -0.469 e. The normalized spacial score (nSPS) is 15.1. The number of hydrogen-bond donors (Lipinski definition) is 0. The number of carbonyl (C=O) groups excluding carboxylic acids is 2. The summed E-state index contributed by atoms with van der Waals surface area (Å²) in [7, 11) is 1.38. The number of likely N-dealkylation sites (tertiary alicyclic amines) is 1. The predicted octanol–water partition coefficient (Wildman–Crippen LogP) is 2.82. The fourth-order valence-corrected chi connectivity index (χ4v) is 3.11. The molecule has 3 rings (SSSR count). The van der Waals surface area contributed by atoms with E-state index in [1.165, 1.54) is 19.4 Å². The first kappa shape index (κ1) is 18.1. The summed E-state index contributed by atoms with van der Waals surface area (Å²) in [6.45, 7) is 1.09. The summed E-state index contributed by atoms with van der Waals surface area (Å²) >= 11 is 0. The van der Waals surface area contributed by atoms with Crippen LogP contribution in [0.3, 0.4) is 0 Å². The second kappa shape index (κ2) is 8.12. The first-order valence-corrected chi connectivity index (χ1v) is 8.63. The molecular weight excluding hydrogens is 339 g/mol. The number of esters is 1. The molecule has 1 aromatic carbocycles. The van der Waals surface area contributed by atoms with E-state index in [2.05, 4.69) is 4.98 Å². The number of halogens is 1. The van der Waals surface area contributed by atoms with Crippen LogP contribution in [0.25, 0.3) is 11.3 Å². The van der Waals surface area contributed by atoms with Crippen molar-refractivity contribution in [3.05, 3.63) is 42.2 Å². The van der Waals surface area contributed by atoms with E-state index in [0.29, 0.717) is 49.6 Å². The van der Waals surface area contributed by atoms with Crippen molar-refractivity contribution in [2.75, 3.05) is 20.2 Å². The van der Waals surface area contributed by atoms with Crippen LogP contribution >= 0.6 is 0 Å². The maximum atomic E-state index is 13.8. The Bertz CT molecular complexity index is 781. The van der Waals surface area contributed by atoms with Crippen molar-refractivity contribution in [2.24, 2.45) is 5.92 Å². The number of carbonyl (C=O) groups is 2. The van der Waals surface area contributed by atoms with E-state index in [1.807, 2.05) is 0 Å². The van der Waals surface area contributed by atoms with Crippen molar-refractivity contribution in [3.8, 4) is 11.3 Å². The molecule has 0 aliphatic carbocycles. The lowest BCUT2D eigenvalue weighted by atomic mass is 9.97. The monoisotopic (exact) mass is 360 g/mol. The summed E-state index contributed by atoms with van der Waals surface area (Å²) in [5.41, 5.74) is 0.349. The molecular formula is C19H21FN2O4. The number of aromatic nitrogens is 1. The highest BCUT2D eigenvalue weighted by Crippen LogP contribution is 2.24. The SMILES string of the molecule is COC(=O)C1CCN(C(=O)CCc2ncc(-c3ccccc3F)o2)CC1. The molecule has 0 saturated carbocycles. The van der Waals surface area contributed by atoms with Gasteiger partial charge >= 0.3 is 5.97 Å². The molecule has 2 aromatic rings. The van der Waals surface area contributed by atoms with Crippen LogP contribution < -0.4 is 0 Å². The highest BCUT2D eigenvalue weighted by atomic mass is 19.1. The summed E-state index contributed by atoms with van der Waals surface area (Å²) in [6.07, 6.45) is 3.33. The van der Waals surface area contributed by atoms with Crippen LogP contribution in [0.1, 0.15) is 25.2 Å². The van der Waals surface area contributed by atoms with Crippen LogP contribution in [0.4, 0.5) is 4.39 Å². The molecule has 0 unspecified atom stereocenters. The minimum atomic E-state index is -0.375. The smallest absolute Gasteiger partial charge is 0.308 e. The number of benzene rings is 1. The number of amides is 1. The van der Waals surface area contributed by atoms with Gasteiger partial charge in [-0.25, -0.2) is 9.37 Å². The third kappa shape index (κ3) is 4.09. The van der Waals surface area contributed by atoms with Crippen LogP contribution in [0.15, 0.2) is 34.9 Å². The average molecular weight is 360 g/mol. The number of ether oxygens (including phenoxy) is 1. The van der Waals surface area contributed by atoms with E-state index in [9.17, 15) is 14.0 Å². The predicted molar refractivity (Wildman–Crippen MR) is 91.5 cm³/mol. The number of nitrogens with zero attached hydrogens (tertiary/aromatic N) is 2. The molecule has 1 fully saturated rings. The van der Waals surface area contributed by atoms with Crippen LogP contribution in [-0.4, -0.2) is 42.0 Å². The summed E-state index contributed by atoms with van der Waals surface area (Å²) < 4.78 is 24.1. The van der Waals surface area contributed by atoms with Gasteiger partial charge in [-0.1, -0.05) is 12.1 Å². The summed E-state index contributed by atoms with van der Waals surface area (Å²) in [5, 5.41) is 0. The maximum Gasteiger partial charge on any atom is 0.308 e.